The van der Waals surface area contributed by atoms with Crippen molar-refractivity contribution in [3.63, 3.8) is 0 Å². The Labute approximate surface area is 184 Å². The number of rotatable bonds is 9. The molecule has 0 aliphatic heterocycles. The maximum atomic E-state index is 13.1. The van der Waals surface area contributed by atoms with E-state index in [4.69, 9.17) is 10.5 Å². The lowest BCUT2D eigenvalue weighted by molar-refractivity contribution is -0.137. The highest BCUT2D eigenvalue weighted by Crippen LogP contribution is 2.26. The number of amides is 2. The molecule has 2 aromatic rings. The molecule has 3 rings (SSSR count). The van der Waals surface area contributed by atoms with E-state index in [1.807, 2.05) is 29.2 Å². The first-order valence-electron chi connectivity index (χ1n) is 11.1. The quantitative estimate of drug-likeness (QED) is 0.633. The van der Waals surface area contributed by atoms with Gasteiger partial charge in [-0.1, -0.05) is 31.4 Å². The van der Waals surface area contributed by atoms with Gasteiger partial charge in [0.1, 0.15) is 5.75 Å². The molecule has 0 bridgehead atoms. The Morgan fingerprint density at radius 3 is 2.52 bits per heavy atom. The van der Waals surface area contributed by atoms with Crippen molar-refractivity contribution < 1.29 is 14.3 Å². The Hall–Kier alpha value is -2.86. The zero-order valence-electron chi connectivity index (χ0n) is 18.3. The van der Waals surface area contributed by atoms with Crippen molar-refractivity contribution in [1.29, 1.82) is 0 Å². The number of nitrogens with one attached hydrogen (secondary N) is 1. The standard InChI is InChI=1S/C25H33N3O3/c1-31-23-13-11-20(12-14-23)24(29)27-22-10-5-7-19(17-22)18-28(16-6-15-26)25(30)21-8-3-2-4-9-21/h5,7,10-14,17,21H,2-4,6,8-9,15-16,18,26H2,1H3,(H,27,29). The fraction of sp³-hybridized carbons (Fsp3) is 0.440. The number of carbonyl (C=O) groups excluding carboxylic acids is 2. The van der Waals surface area contributed by atoms with Crippen LogP contribution in [0.2, 0.25) is 0 Å². The number of benzene rings is 2. The van der Waals surface area contributed by atoms with Crippen LogP contribution in [0.25, 0.3) is 0 Å². The molecule has 0 spiro atoms. The Balaban J connectivity index is 1.67. The van der Waals surface area contributed by atoms with Gasteiger partial charge in [-0.2, -0.15) is 0 Å². The molecule has 3 N–H and O–H groups in total. The van der Waals surface area contributed by atoms with Crippen molar-refractivity contribution in [3.8, 4) is 5.75 Å². The molecule has 0 radical (unpaired) electrons. The summed E-state index contributed by atoms with van der Waals surface area (Å²) in [5, 5.41) is 2.94. The van der Waals surface area contributed by atoms with Crippen LogP contribution in [0.4, 0.5) is 5.69 Å². The lowest BCUT2D eigenvalue weighted by Gasteiger charge is -2.29. The molecule has 166 valence electrons. The lowest BCUT2D eigenvalue weighted by atomic mass is 9.88. The maximum Gasteiger partial charge on any atom is 0.255 e. The van der Waals surface area contributed by atoms with Crippen LogP contribution >= 0.6 is 0 Å². The first-order valence-corrected chi connectivity index (χ1v) is 11.1. The number of nitrogens with zero attached hydrogens (tertiary/aromatic N) is 1. The van der Waals surface area contributed by atoms with E-state index in [0.717, 1.165) is 37.7 Å². The van der Waals surface area contributed by atoms with Gasteiger partial charge in [0, 0.05) is 30.3 Å². The van der Waals surface area contributed by atoms with Crippen LogP contribution in [-0.4, -0.2) is 36.9 Å². The molecule has 1 aliphatic carbocycles. The van der Waals surface area contributed by atoms with Gasteiger partial charge in [0.25, 0.3) is 5.91 Å². The molecule has 6 heteroatoms. The molecule has 1 saturated carbocycles. The highest BCUT2D eigenvalue weighted by molar-refractivity contribution is 6.04. The summed E-state index contributed by atoms with van der Waals surface area (Å²) in [4.78, 5) is 27.6. The third-order valence-corrected chi connectivity index (χ3v) is 5.81. The molecule has 31 heavy (non-hydrogen) atoms. The van der Waals surface area contributed by atoms with Gasteiger partial charge in [0.2, 0.25) is 5.91 Å². The average molecular weight is 424 g/mol. The van der Waals surface area contributed by atoms with Gasteiger partial charge in [-0.25, -0.2) is 0 Å². The normalized spacial score (nSPS) is 14.1. The van der Waals surface area contributed by atoms with Crippen LogP contribution in [0.5, 0.6) is 5.75 Å². The Morgan fingerprint density at radius 1 is 1.10 bits per heavy atom. The van der Waals surface area contributed by atoms with Crippen LogP contribution in [0, 0.1) is 5.92 Å². The highest BCUT2D eigenvalue weighted by Gasteiger charge is 2.25. The predicted molar refractivity (Wildman–Crippen MR) is 123 cm³/mol. The van der Waals surface area contributed by atoms with Gasteiger partial charge in [-0.15, -0.1) is 0 Å². The van der Waals surface area contributed by atoms with Crippen LogP contribution < -0.4 is 15.8 Å². The summed E-state index contributed by atoms with van der Waals surface area (Å²) in [6, 6.07) is 14.7. The third kappa shape index (κ3) is 6.56. The second kappa shape index (κ2) is 11.5. The smallest absolute Gasteiger partial charge is 0.255 e. The van der Waals surface area contributed by atoms with E-state index < -0.39 is 0 Å². The van der Waals surface area contributed by atoms with Gasteiger partial charge in [0.15, 0.2) is 0 Å². The fourth-order valence-electron chi connectivity index (χ4n) is 4.07. The van der Waals surface area contributed by atoms with E-state index in [1.165, 1.54) is 6.42 Å². The Kier molecular flexibility index (Phi) is 8.47. The fourth-order valence-corrected chi connectivity index (χ4v) is 4.07. The number of methoxy groups -OCH3 is 1. The molecule has 2 aromatic carbocycles. The van der Waals surface area contributed by atoms with E-state index in [1.54, 1.807) is 31.4 Å². The molecule has 1 aliphatic rings. The van der Waals surface area contributed by atoms with Crippen LogP contribution in [0.15, 0.2) is 48.5 Å². The molecule has 0 aromatic heterocycles. The summed E-state index contributed by atoms with van der Waals surface area (Å²) in [6.45, 7) is 1.75. The van der Waals surface area contributed by atoms with E-state index in [-0.39, 0.29) is 17.7 Å². The van der Waals surface area contributed by atoms with Crippen molar-refractivity contribution in [2.75, 3.05) is 25.5 Å². The molecular weight excluding hydrogens is 390 g/mol. The first-order chi connectivity index (χ1) is 15.1. The monoisotopic (exact) mass is 423 g/mol. The van der Waals surface area contributed by atoms with E-state index in [0.29, 0.717) is 36.6 Å². The number of anilines is 1. The van der Waals surface area contributed by atoms with E-state index >= 15 is 0 Å². The molecule has 0 unspecified atom stereocenters. The Bertz CT molecular complexity index is 861. The molecular formula is C25H33N3O3. The third-order valence-electron chi connectivity index (χ3n) is 5.81. The summed E-state index contributed by atoms with van der Waals surface area (Å²) in [7, 11) is 1.59. The molecule has 6 nitrogen and oxygen atoms in total. The van der Waals surface area contributed by atoms with Crippen LogP contribution in [-0.2, 0) is 11.3 Å². The summed E-state index contributed by atoms with van der Waals surface area (Å²) in [5.74, 6) is 0.891. The molecule has 0 heterocycles. The molecule has 2 amide bonds. The van der Waals surface area contributed by atoms with Crippen molar-refractivity contribution in [2.24, 2.45) is 11.7 Å². The topological polar surface area (TPSA) is 84.7 Å². The number of hydrogen-bond acceptors (Lipinski definition) is 4. The van der Waals surface area contributed by atoms with Gasteiger partial charge < -0.3 is 20.7 Å². The van der Waals surface area contributed by atoms with Gasteiger partial charge in [-0.3, -0.25) is 9.59 Å². The van der Waals surface area contributed by atoms with Crippen LogP contribution in [0.1, 0.15) is 54.4 Å². The van der Waals surface area contributed by atoms with Crippen molar-refractivity contribution in [3.05, 3.63) is 59.7 Å². The Morgan fingerprint density at radius 2 is 1.84 bits per heavy atom. The number of nitrogens with two attached hydrogens (primary N) is 1. The summed E-state index contributed by atoms with van der Waals surface area (Å²) < 4.78 is 5.14. The predicted octanol–water partition coefficient (Wildman–Crippen LogP) is 4.21. The van der Waals surface area contributed by atoms with Crippen molar-refractivity contribution in [1.82, 2.24) is 4.90 Å². The average Bonchev–Trinajstić information content (AvgIpc) is 2.82. The van der Waals surface area contributed by atoms with E-state index in [9.17, 15) is 9.59 Å². The minimum absolute atomic E-state index is 0.129. The second-order valence-electron chi connectivity index (χ2n) is 8.12. The summed E-state index contributed by atoms with van der Waals surface area (Å²) in [6.07, 6.45) is 6.24. The van der Waals surface area contributed by atoms with E-state index in [2.05, 4.69) is 5.32 Å². The zero-order valence-corrected chi connectivity index (χ0v) is 18.3. The van der Waals surface area contributed by atoms with Crippen molar-refractivity contribution >= 4 is 17.5 Å². The first kappa shape index (κ1) is 22.8. The summed E-state index contributed by atoms with van der Waals surface area (Å²) in [5.41, 5.74) is 7.97. The largest absolute Gasteiger partial charge is 0.497 e. The zero-order chi connectivity index (χ0) is 22.1. The maximum absolute atomic E-state index is 13.1. The number of ether oxygens (including phenoxy) is 1. The number of carbonyl (C=O) groups is 2. The van der Waals surface area contributed by atoms with Gasteiger partial charge >= 0.3 is 0 Å². The number of hydrogen-bond donors (Lipinski definition) is 2. The van der Waals surface area contributed by atoms with Crippen molar-refractivity contribution in [2.45, 2.75) is 45.1 Å². The second-order valence-corrected chi connectivity index (χ2v) is 8.12. The minimum atomic E-state index is -0.182. The summed E-state index contributed by atoms with van der Waals surface area (Å²) >= 11 is 0. The minimum Gasteiger partial charge on any atom is -0.497 e. The SMILES string of the molecule is COc1ccc(C(=O)Nc2cccc(CN(CCCN)C(=O)C3CCCCC3)c2)cc1. The molecule has 0 atom stereocenters. The highest BCUT2D eigenvalue weighted by atomic mass is 16.5. The van der Waals surface area contributed by atoms with Crippen LogP contribution in [0.3, 0.4) is 0 Å². The molecule has 1 fully saturated rings. The van der Waals surface area contributed by atoms with Gasteiger partial charge in [-0.05, 0) is 67.8 Å². The lowest BCUT2D eigenvalue weighted by Crippen LogP contribution is -2.37. The molecule has 0 saturated heterocycles. The van der Waals surface area contributed by atoms with Gasteiger partial charge in [0.05, 0.1) is 7.11 Å².